The lowest BCUT2D eigenvalue weighted by Crippen LogP contribution is -2.27. The molecule has 0 aliphatic carbocycles. The summed E-state index contributed by atoms with van der Waals surface area (Å²) in [4.78, 5) is 28.5. The van der Waals surface area contributed by atoms with Crippen LogP contribution in [0.1, 0.15) is 5.56 Å². The Hall–Kier alpha value is -3.33. The topological polar surface area (TPSA) is 88.4 Å². The highest BCUT2D eigenvalue weighted by Crippen LogP contribution is 2.36. The molecule has 4 rings (SSSR count). The van der Waals surface area contributed by atoms with Gasteiger partial charge in [0.15, 0.2) is 0 Å². The molecule has 0 spiro atoms. The number of hydrogen-bond acceptors (Lipinski definition) is 4. The van der Waals surface area contributed by atoms with Crippen molar-refractivity contribution in [1.29, 1.82) is 0 Å². The smallest absolute Gasteiger partial charge is 0.417 e. The third-order valence-electron chi connectivity index (χ3n) is 4.80. The van der Waals surface area contributed by atoms with Crippen LogP contribution in [0.25, 0.3) is 22.0 Å². The number of rotatable bonds is 3. The number of pyridine rings is 1. The number of nitrogens with one attached hydrogen (secondary N) is 1. The third kappa shape index (κ3) is 3.44. The van der Waals surface area contributed by atoms with Crippen molar-refractivity contribution < 1.29 is 22.7 Å². The van der Waals surface area contributed by atoms with Gasteiger partial charge in [-0.05, 0) is 29.7 Å². The lowest BCUT2D eigenvalue weighted by atomic mass is 10.0. The molecule has 1 saturated heterocycles. The Morgan fingerprint density at radius 3 is 2.59 bits per heavy atom. The summed E-state index contributed by atoms with van der Waals surface area (Å²) >= 11 is 0. The average Bonchev–Trinajstić information content (AvgIpc) is 3.08. The van der Waals surface area contributed by atoms with Gasteiger partial charge in [0.1, 0.15) is 6.10 Å². The number of benzene rings is 2. The number of hydrogen-bond donors (Lipinski definition) is 2. The number of aromatic nitrogens is 1. The first-order chi connectivity index (χ1) is 13.8. The zero-order valence-corrected chi connectivity index (χ0v) is 15.0. The fourth-order valence-electron chi connectivity index (χ4n) is 3.38. The number of H-pyrrole nitrogens is 1. The van der Waals surface area contributed by atoms with E-state index in [1.165, 1.54) is 35.2 Å². The van der Waals surface area contributed by atoms with Crippen molar-refractivity contribution >= 4 is 22.6 Å². The Kier molecular flexibility index (Phi) is 4.54. The molecule has 1 aromatic heterocycles. The molecule has 9 heteroatoms. The maximum Gasteiger partial charge on any atom is 0.417 e. The summed E-state index contributed by atoms with van der Waals surface area (Å²) in [5, 5.41) is 0.701. The highest BCUT2D eigenvalue weighted by molar-refractivity contribution is 5.94. The maximum atomic E-state index is 13.3. The number of nitrogens with zero attached hydrogens (tertiary/aromatic N) is 1. The molecule has 3 N–H and O–H groups in total. The van der Waals surface area contributed by atoms with Crippen molar-refractivity contribution in [3.05, 3.63) is 64.4 Å². The van der Waals surface area contributed by atoms with Crippen LogP contribution in [0.5, 0.6) is 0 Å². The van der Waals surface area contributed by atoms with E-state index in [4.69, 9.17) is 10.5 Å². The van der Waals surface area contributed by atoms with Crippen molar-refractivity contribution in [2.75, 3.05) is 18.0 Å². The van der Waals surface area contributed by atoms with Gasteiger partial charge in [-0.3, -0.25) is 9.69 Å². The van der Waals surface area contributed by atoms with Crippen LogP contribution in [0.3, 0.4) is 0 Å². The molecule has 3 aromatic rings. The molecule has 0 radical (unpaired) electrons. The highest BCUT2D eigenvalue weighted by atomic mass is 19.4. The molecule has 6 nitrogen and oxygen atoms in total. The zero-order chi connectivity index (χ0) is 20.8. The molecule has 2 heterocycles. The van der Waals surface area contributed by atoms with Gasteiger partial charge in [0.2, 0.25) is 0 Å². The van der Waals surface area contributed by atoms with Gasteiger partial charge in [-0.15, -0.1) is 0 Å². The van der Waals surface area contributed by atoms with E-state index in [1.54, 1.807) is 12.1 Å². The predicted octanol–water partition coefficient (Wildman–Crippen LogP) is 3.50. The Morgan fingerprint density at radius 2 is 1.90 bits per heavy atom. The summed E-state index contributed by atoms with van der Waals surface area (Å²) in [6.45, 7) is 0.439. The molecule has 1 amide bonds. The first kappa shape index (κ1) is 19.0. The fraction of sp³-hybridized carbons (Fsp3) is 0.200. The number of aromatic amines is 1. The minimum absolute atomic E-state index is 0.0620. The lowest BCUT2D eigenvalue weighted by Gasteiger charge is -2.15. The Labute approximate surface area is 162 Å². The number of fused-ring (bicyclic) bond motifs is 1. The van der Waals surface area contributed by atoms with Gasteiger partial charge in [-0.1, -0.05) is 24.3 Å². The molecule has 150 valence electrons. The monoisotopic (exact) mass is 403 g/mol. The molecular formula is C20H16F3N3O3. The summed E-state index contributed by atoms with van der Waals surface area (Å²) < 4.78 is 45.1. The second-order valence-electron chi connectivity index (χ2n) is 6.68. The normalized spacial score (nSPS) is 17.0. The zero-order valence-electron chi connectivity index (χ0n) is 15.0. The third-order valence-corrected chi connectivity index (χ3v) is 4.80. The Morgan fingerprint density at radius 1 is 1.14 bits per heavy atom. The first-order valence-corrected chi connectivity index (χ1v) is 8.80. The van der Waals surface area contributed by atoms with Gasteiger partial charge in [0.05, 0.1) is 12.1 Å². The van der Waals surface area contributed by atoms with E-state index in [1.807, 2.05) is 0 Å². The second-order valence-corrected chi connectivity index (χ2v) is 6.68. The number of cyclic esters (lactones) is 1. The number of alkyl halides is 3. The minimum Gasteiger partial charge on any atom is -0.443 e. The van der Waals surface area contributed by atoms with Crippen LogP contribution in [0, 0.1) is 0 Å². The van der Waals surface area contributed by atoms with E-state index < -0.39 is 29.5 Å². The molecule has 1 atom stereocenters. The summed E-state index contributed by atoms with van der Waals surface area (Å²) in [5.74, 6) is 0. The van der Waals surface area contributed by atoms with Crippen molar-refractivity contribution in [2.24, 2.45) is 5.73 Å². The number of ether oxygens (including phenoxy) is 1. The van der Waals surface area contributed by atoms with Gasteiger partial charge in [-0.25, -0.2) is 4.79 Å². The van der Waals surface area contributed by atoms with E-state index >= 15 is 0 Å². The number of carbonyl (C=O) groups is 1. The Bertz CT molecular complexity index is 1160. The molecule has 0 saturated carbocycles. The molecule has 2 aromatic carbocycles. The molecular weight excluding hydrogens is 387 g/mol. The average molecular weight is 403 g/mol. The van der Waals surface area contributed by atoms with Crippen LogP contribution in [-0.2, 0) is 10.9 Å². The maximum absolute atomic E-state index is 13.3. The van der Waals surface area contributed by atoms with Gasteiger partial charge >= 0.3 is 12.3 Å². The molecule has 29 heavy (non-hydrogen) atoms. The van der Waals surface area contributed by atoms with E-state index in [9.17, 15) is 22.8 Å². The van der Waals surface area contributed by atoms with Crippen LogP contribution in [0.4, 0.5) is 23.7 Å². The van der Waals surface area contributed by atoms with Gasteiger partial charge in [0, 0.05) is 28.9 Å². The van der Waals surface area contributed by atoms with Gasteiger partial charge < -0.3 is 15.5 Å². The van der Waals surface area contributed by atoms with Gasteiger partial charge in [-0.2, -0.15) is 13.2 Å². The number of nitrogens with two attached hydrogens (primary N) is 1. The summed E-state index contributed by atoms with van der Waals surface area (Å²) in [6.07, 6.45) is -5.55. The van der Waals surface area contributed by atoms with Gasteiger partial charge in [0.25, 0.3) is 5.56 Å². The standard InChI is InChI=1S/C20H16F3N3O3/c21-20(22,23)16-4-2-1-3-14(16)17-7-11-5-6-12(8-15(11)18(27)25-17)26-10-13(9-24)29-19(26)28/h1-8,13H,9-10,24H2,(H,25,27). The number of carbonyl (C=O) groups excluding carboxylic acids is 1. The summed E-state index contributed by atoms with van der Waals surface area (Å²) in [7, 11) is 0. The fourth-order valence-corrected chi connectivity index (χ4v) is 3.38. The van der Waals surface area contributed by atoms with Crippen LogP contribution in [-0.4, -0.2) is 30.3 Å². The van der Waals surface area contributed by atoms with Crippen LogP contribution in [0.15, 0.2) is 53.3 Å². The molecule has 1 aliphatic rings. The largest absolute Gasteiger partial charge is 0.443 e. The summed E-state index contributed by atoms with van der Waals surface area (Å²) in [5.41, 5.74) is 4.54. The van der Waals surface area contributed by atoms with E-state index in [0.717, 1.165) is 6.07 Å². The van der Waals surface area contributed by atoms with E-state index in [-0.39, 0.29) is 29.7 Å². The second kappa shape index (κ2) is 6.93. The van der Waals surface area contributed by atoms with E-state index in [2.05, 4.69) is 4.98 Å². The first-order valence-electron chi connectivity index (χ1n) is 8.80. The SMILES string of the molecule is NCC1CN(c2ccc3cc(-c4ccccc4C(F)(F)F)[nH]c(=O)c3c2)C(=O)O1. The molecule has 1 fully saturated rings. The lowest BCUT2D eigenvalue weighted by molar-refractivity contribution is -0.137. The molecule has 1 aliphatic heterocycles. The highest BCUT2D eigenvalue weighted by Gasteiger charge is 2.34. The van der Waals surface area contributed by atoms with Crippen molar-refractivity contribution in [2.45, 2.75) is 12.3 Å². The van der Waals surface area contributed by atoms with E-state index in [0.29, 0.717) is 11.1 Å². The quantitative estimate of drug-likeness (QED) is 0.701. The number of amides is 1. The van der Waals surface area contributed by atoms with Crippen molar-refractivity contribution in [1.82, 2.24) is 4.98 Å². The predicted molar refractivity (Wildman–Crippen MR) is 102 cm³/mol. The molecule has 1 unspecified atom stereocenters. The summed E-state index contributed by atoms with van der Waals surface area (Å²) in [6, 6.07) is 11.2. The van der Waals surface area contributed by atoms with Crippen molar-refractivity contribution in [3.63, 3.8) is 0 Å². The van der Waals surface area contributed by atoms with Crippen LogP contribution < -0.4 is 16.2 Å². The van der Waals surface area contributed by atoms with Crippen LogP contribution >= 0.6 is 0 Å². The Balaban J connectivity index is 1.79. The molecule has 0 bridgehead atoms. The van der Waals surface area contributed by atoms with Crippen molar-refractivity contribution in [3.8, 4) is 11.3 Å². The number of anilines is 1. The minimum atomic E-state index is -4.55. The number of halogens is 3. The van der Waals surface area contributed by atoms with Crippen LogP contribution in [0.2, 0.25) is 0 Å².